The van der Waals surface area contributed by atoms with Gasteiger partial charge in [0.15, 0.2) is 6.10 Å². The second kappa shape index (κ2) is 9.67. The summed E-state index contributed by atoms with van der Waals surface area (Å²) in [4.78, 5) is 12.7. The molecule has 3 rings (SSSR count). The molecule has 0 unspecified atom stereocenters. The number of aryl methyl sites for hydroxylation is 4. The topological polar surface area (TPSA) is 84.5 Å². The van der Waals surface area contributed by atoms with Crippen LogP contribution in [0.5, 0.6) is 5.75 Å². The Kier molecular flexibility index (Phi) is 7.12. The van der Waals surface area contributed by atoms with Gasteiger partial charge in [0.1, 0.15) is 5.75 Å². The number of benzene rings is 3. The highest BCUT2D eigenvalue weighted by molar-refractivity contribution is 7.92. The van der Waals surface area contributed by atoms with Crippen LogP contribution in [0.2, 0.25) is 0 Å². The maximum atomic E-state index is 12.8. The number of carbonyl (C=O) groups is 1. The SMILES string of the molecule is Cc1cc(C)c(C)c(O[C@@H](C)C(=O)Nc2ccc(S(=O)(=O)Nc3c(C)cccc3C)cc2)c1. The average molecular weight is 467 g/mol. The molecular formula is C26H30N2O4S. The molecule has 174 valence electrons. The highest BCUT2D eigenvalue weighted by Crippen LogP contribution is 2.26. The van der Waals surface area contributed by atoms with Gasteiger partial charge in [-0.25, -0.2) is 8.42 Å². The van der Waals surface area contributed by atoms with Crippen LogP contribution < -0.4 is 14.8 Å². The Balaban J connectivity index is 1.69. The van der Waals surface area contributed by atoms with Gasteiger partial charge in [0.2, 0.25) is 0 Å². The smallest absolute Gasteiger partial charge is 0.265 e. The summed E-state index contributed by atoms with van der Waals surface area (Å²) in [5.41, 5.74) is 5.90. The van der Waals surface area contributed by atoms with Gasteiger partial charge in [-0.2, -0.15) is 0 Å². The molecule has 0 aliphatic carbocycles. The Hall–Kier alpha value is -3.32. The van der Waals surface area contributed by atoms with E-state index in [1.165, 1.54) is 12.1 Å². The standard InChI is InChI=1S/C26H30N2O4S/c1-16-14-19(4)20(5)24(15-16)32-21(6)26(29)27-22-10-12-23(13-11-22)33(30,31)28-25-17(2)8-7-9-18(25)3/h7-15,21,28H,1-6H3,(H,27,29)/t21-/m0/s1. The van der Waals surface area contributed by atoms with E-state index in [9.17, 15) is 13.2 Å². The van der Waals surface area contributed by atoms with Gasteiger partial charge in [0, 0.05) is 5.69 Å². The largest absolute Gasteiger partial charge is 0.481 e. The first kappa shape index (κ1) is 24.3. The van der Waals surface area contributed by atoms with Crippen molar-refractivity contribution in [3.63, 3.8) is 0 Å². The second-order valence-corrected chi connectivity index (χ2v) is 10.0. The number of rotatable bonds is 7. The Labute approximate surface area is 196 Å². The predicted molar refractivity (Wildman–Crippen MR) is 133 cm³/mol. The first-order chi connectivity index (χ1) is 15.5. The Morgan fingerprint density at radius 1 is 0.879 bits per heavy atom. The number of anilines is 2. The zero-order valence-corrected chi connectivity index (χ0v) is 20.6. The van der Waals surface area contributed by atoms with Crippen LogP contribution in [-0.4, -0.2) is 20.4 Å². The van der Waals surface area contributed by atoms with E-state index in [0.29, 0.717) is 17.1 Å². The highest BCUT2D eigenvalue weighted by atomic mass is 32.2. The van der Waals surface area contributed by atoms with Crippen molar-refractivity contribution in [2.75, 3.05) is 10.0 Å². The van der Waals surface area contributed by atoms with Gasteiger partial charge in [-0.3, -0.25) is 9.52 Å². The molecule has 0 aliphatic heterocycles. The van der Waals surface area contributed by atoms with Crippen LogP contribution in [0.4, 0.5) is 11.4 Å². The molecule has 6 nitrogen and oxygen atoms in total. The molecule has 2 N–H and O–H groups in total. The van der Waals surface area contributed by atoms with E-state index in [-0.39, 0.29) is 10.8 Å². The lowest BCUT2D eigenvalue weighted by molar-refractivity contribution is -0.122. The molecule has 3 aromatic rings. The minimum absolute atomic E-state index is 0.110. The van der Waals surface area contributed by atoms with Crippen molar-refractivity contribution in [3.8, 4) is 5.75 Å². The van der Waals surface area contributed by atoms with E-state index in [0.717, 1.165) is 27.8 Å². The third-order valence-corrected chi connectivity index (χ3v) is 6.95. The molecular weight excluding hydrogens is 436 g/mol. The fourth-order valence-electron chi connectivity index (χ4n) is 3.50. The van der Waals surface area contributed by atoms with Crippen molar-refractivity contribution in [3.05, 3.63) is 82.4 Å². The zero-order valence-electron chi connectivity index (χ0n) is 19.8. The number of hydrogen-bond acceptors (Lipinski definition) is 4. The highest BCUT2D eigenvalue weighted by Gasteiger charge is 2.19. The van der Waals surface area contributed by atoms with Crippen molar-refractivity contribution in [2.24, 2.45) is 0 Å². The van der Waals surface area contributed by atoms with E-state index in [1.54, 1.807) is 19.1 Å². The lowest BCUT2D eigenvalue weighted by Gasteiger charge is -2.18. The summed E-state index contributed by atoms with van der Waals surface area (Å²) >= 11 is 0. The van der Waals surface area contributed by atoms with E-state index in [4.69, 9.17) is 4.74 Å². The number of para-hydroxylation sites is 1. The molecule has 0 aromatic heterocycles. The molecule has 0 spiro atoms. The lowest BCUT2D eigenvalue weighted by atomic mass is 10.1. The van der Waals surface area contributed by atoms with Crippen LogP contribution in [0.15, 0.2) is 59.5 Å². The molecule has 0 heterocycles. The molecule has 33 heavy (non-hydrogen) atoms. The van der Waals surface area contributed by atoms with Crippen molar-refractivity contribution >= 4 is 27.3 Å². The Bertz CT molecular complexity index is 1260. The third kappa shape index (κ3) is 5.73. The Morgan fingerprint density at radius 3 is 2.09 bits per heavy atom. The van der Waals surface area contributed by atoms with Crippen LogP contribution in [0.1, 0.15) is 34.7 Å². The van der Waals surface area contributed by atoms with Crippen LogP contribution >= 0.6 is 0 Å². The summed E-state index contributed by atoms with van der Waals surface area (Å²) < 4.78 is 34.2. The van der Waals surface area contributed by atoms with Gasteiger partial charge < -0.3 is 10.1 Å². The van der Waals surface area contributed by atoms with Crippen molar-refractivity contribution in [1.29, 1.82) is 0 Å². The summed E-state index contributed by atoms with van der Waals surface area (Å²) in [6.45, 7) is 11.3. The van der Waals surface area contributed by atoms with E-state index in [1.807, 2.05) is 58.9 Å². The van der Waals surface area contributed by atoms with Crippen LogP contribution in [0.25, 0.3) is 0 Å². The van der Waals surface area contributed by atoms with Crippen molar-refractivity contribution in [1.82, 2.24) is 0 Å². The lowest BCUT2D eigenvalue weighted by Crippen LogP contribution is -2.30. The van der Waals surface area contributed by atoms with Crippen LogP contribution in [-0.2, 0) is 14.8 Å². The van der Waals surface area contributed by atoms with Crippen LogP contribution in [0, 0.1) is 34.6 Å². The summed E-state index contributed by atoms with van der Waals surface area (Å²) in [5.74, 6) is 0.354. The molecule has 1 atom stereocenters. The van der Waals surface area contributed by atoms with E-state index >= 15 is 0 Å². The number of sulfonamides is 1. The minimum atomic E-state index is -3.76. The fourth-order valence-corrected chi connectivity index (χ4v) is 4.70. The molecule has 1 amide bonds. The van der Waals surface area contributed by atoms with Crippen molar-refractivity contribution < 1.29 is 17.9 Å². The predicted octanol–water partition coefficient (Wildman–Crippen LogP) is 5.44. The molecule has 0 fully saturated rings. The summed E-state index contributed by atoms with van der Waals surface area (Å²) in [6, 6.07) is 15.6. The molecule has 7 heteroatoms. The van der Waals surface area contributed by atoms with Gasteiger partial charge in [0.05, 0.1) is 10.6 Å². The van der Waals surface area contributed by atoms with Gasteiger partial charge >= 0.3 is 0 Å². The zero-order chi connectivity index (χ0) is 24.3. The molecule has 0 aliphatic rings. The number of hydrogen-bond donors (Lipinski definition) is 2. The van der Waals surface area contributed by atoms with Gasteiger partial charge in [-0.15, -0.1) is 0 Å². The summed E-state index contributed by atoms with van der Waals surface area (Å²) in [7, 11) is -3.76. The maximum Gasteiger partial charge on any atom is 0.265 e. The molecule has 0 bridgehead atoms. The number of carbonyl (C=O) groups excluding carboxylic acids is 1. The summed E-state index contributed by atoms with van der Waals surface area (Å²) in [5, 5.41) is 2.78. The van der Waals surface area contributed by atoms with E-state index < -0.39 is 16.1 Å². The minimum Gasteiger partial charge on any atom is -0.481 e. The fraction of sp³-hybridized carbons (Fsp3) is 0.269. The molecule has 0 radical (unpaired) electrons. The van der Waals surface area contributed by atoms with Gasteiger partial charge in [-0.05, 0) is 99.7 Å². The summed E-state index contributed by atoms with van der Waals surface area (Å²) in [6.07, 6.45) is -0.723. The average Bonchev–Trinajstić information content (AvgIpc) is 2.74. The molecule has 3 aromatic carbocycles. The molecule has 0 saturated carbocycles. The maximum absolute atomic E-state index is 12.8. The van der Waals surface area contributed by atoms with Crippen LogP contribution in [0.3, 0.4) is 0 Å². The number of amides is 1. The monoisotopic (exact) mass is 466 g/mol. The number of nitrogens with one attached hydrogen (secondary N) is 2. The molecule has 0 saturated heterocycles. The van der Waals surface area contributed by atoms with Gasteiger partial charge in [0.25, 0.3) is 15.9 Å². The van der Waals surface area contributed by atoms with E-state index in [2.05, 4.69) is 16.1 Å². The second-order valence-electron chi connectivity index (χ2n) is 8.35. The van der Waals surface area contributed by atoms with Crippen molar-refractivity contribution in [2.45, 2.75) is 52.5 Å². The first-order valence-electron chi connectivity index (χ1n) is 10.7. The van der Waals surface area contributed by atoms with Gasteiger partial charge in [-0.1, -0.05) is 24.3 Å². The third-order valence-electron chi connectivity index (χ3n) is 5.59. The quantitative estimate of drug-likeness (QED) is 0.486. The Morgan fingerprint density at radius 2 is 1.48 bits per heavy atom. The normalized spacial score (nSPS) is 12.2. The first-order valence-corrected chi connectivity index (χ1v) is 12.2. The number of ether oxygens (including phenoxy) is 1.